The zero-order valence-electron chi connectivity index (χ0n) is 22.8. The lowest BCUT2D eigenvalue weighted by molar-refractivity contribution is 0.346. The Morgan fingerprint density at radius 1 is 0.424 bits per heavy atom. The molecule has 0 unspecified atom stereocenters. The highest BCUT2D eigenvalue weighted by atomic mass is 32.2. The lowest BCUT2D eigenvalue weighted by atomic mass is 9.88. The van der Waals surface area contributed by atoms with Crippen molar-refractivity contribution < 1.29 is 13.0 Å². The summed E-state index contributed by atoms with van der Waals surface area (Å²) in [5.41, 5.74) is 0. The quantitative estimate of drug-likeness (QED) is 0.0972. The molecular weight excluding hydrogens is 428 g/mol. The first-order chi connectivity index (χ1) is 15.9. The maximum atomic E-state index is 12.5. The molecule has 0 saturated carbocycles. The first-order valence-electron chi connectivity index (χ1n) is 14.9. The summed E-state index contributed by atoms with van der Waals surface area (Å²) in [6, 6.07) is 0. The van der Waals surface area contributed by atoms with E-state index in [1.165, 1.54) is 103 Å². The molecule has 0 aliphatic heterocycles. The summed E-state index contributed by atoms with van der Waals surface area (Å²) in [6.45, 7) is 6.61. The average Bonchev–Trinajstić information content (AvgIpc) is 2.78. The molecule has 0 bridgehead atoms. The SMILES string of the molecule is CCCCCCCCCCCCC(CCCC)(CCCCCCCCCCCC)S(=O)(=O)O. The molecule has 0 heterocycles. The summed E-state index contributed by atoms with van der Waals surface area (Å²) in [6.07, 6.45) is 28.8. The van der Waals surface area contributed by atoms with E-state index in [1.54, 1.807) is 0 Å². The number of hydrogen-bond acceptors (Lipinski definition) is 2. The van der Waals surface area contributed by atoms with E-state index >= 15 is 0 Å². The lowest BCUT2D eigenvalue weighted by Crippen LogP contribution is -2.38. The minimum Gasteiger partial charge on any atom is -0.285 e. The second kappa shape index (κ2) is 22.4. The van der Waals surface area contributed by atoms with Crippen LogP contribution in [0.4, 0.5) is 0 Å². The molecule has 33 heavy (non-hydrogen) atoms. The van der Waals surface area contributed by atoms with Gasteiger partial charge in [-0.2, -0.15) is 8.42 Å². The van der Waals surface area contributed by atoms with Crippen LogP contribution in [0.15, 0.2) is 0 Å². The third-order valence-corrected chi connectivity index (χ3v) is 9.21. The van der Waals surface area contributed by atoms with Crippen LogP contribution < -0.4 is 0 Å². The second-order valence-electron chi connectivity index (χ2n) is 10.6. The van der Waals surface area contributed by atoms with E-state index in [0.29, 0.717) is 19.3 Å². The molecule has 0 aromatic heterocycles. The fourth-order valence-electron chi connectivity index (χ4n) is 5.13. The van der Waals surface area contributed by atoms with Crippen LogP contribution in [0, 0.1) is 0 Å². The van der Waals surface area contributed by atoms with Crippen LogP contribution in [0.3, 0.4) is 0 Å². The molecule has 0 aromatic rings. The first-order valence-corrected chi connectivity index (χ1v) is 16.3. The summed E-state index contributed by atoms with van der Waals surface area (Å²) < 4.78 is 34.3. The zero-order chi connectivity index (χ0) is 24.7. The second-order valence-corrected chi connectivity index (χ2v) is 12.4. The molecule has 0 amide bonds. The Bertz CT molecular complexity index is 477. The maximum absolute atomic E-state index is 12.5. The molecule has 0 aliphatic rings. The van der Waals surface area contributed by atoms with Crippen LogP contribution in [0.25, 0.3) is 0 Å². The number of rotatable bonds is 26. The summed E-state index contributed by atoms with van der Waals surface area (Å²) in [4.78, 5) is 0. The topological polar surface area (TPSA) is 54.4 Å². The normalized spacial score (nSPS) is 12.5. The molecule has 0 spiro atoms. The monoisotopic (exact) mass is 488 g/mol. The van der Waals surface area contributed by atoms with Gasteiger partial charge in [-0.25, -0.2) is 0 Å². The van der Waals surface area contributed by atoms with Gasteiger partial charge in [0.2, 0.25) is 0 Å². The summed E-state index contributed by atoms with van der Waals surface area (Å²) in [5, 5.41) is 0. The van der Waals surface area contributed by atoms with Gasteiger partial charge in [0.15, 0.2) is 0 Å². The number of hydrogen-bond donors (Lipinski definition) is 1. The van der Waals surface area contributed by atoms with E-state index < -0.39 is 14.9 Å². The van der Waals surface area contributed by atoms with Gasteiger partial charge in [-0.3, -0.25) is 4.55 Å². The fraction of sp³-hybridized carbons (Fsp3) is 1.00. The molecule has 0 radical (unpaired) electrons. The van der Waals surface area contributed by atoms with Crippen molar-refractivity contribution in [3.63, 3.8) is 0 Å². The molecule has 0 atom stereocenters. The van der Waals surface area contributed by atoms with Gasteiger partial charge in [-0.05, 0) is 19.3 Å². The van der Waals surface area contributed by atoms with Gasteiger partial charge in [0.25, 0.3) is 10.1 Å². The molecule has 0 fully saturated rings. The van der Waals surface area contributed by atoms with Crippen LogP contribution in [0.5, 0.6) is 0 Å². The predicted molar refractivity (Wildman–Crippen MR) is 147 cm³/mol. The van der Waals surface area contributed by atoms with E-state index in [-0.39, 0.29) is 0 Å². The van der Waals surface area contributed by atoms with Gasteiger partial charge in [0.05, 0.1) is 4.75 Å². The van der Waals surface area contributed by atoms with Crippen molar-refractivity contribution in [3.8, 4) is 0 Å². The van der Waals surface area contributed by atoms with Crippen LogP contribution >= 0.6 is 0 Å². The number of unbranched alkanes of at least 4 members (excludes halogenated alkanes) is 19. The standard InChI is InChI=1S/C29H60O3S/c1-4-7-10-12-14-16-18-20-22-24-27-29(26-9-6-3,33(30,31)32)28-25-23-21-19-17-15-13-11-8-5-2/h4-28H2,1-3H3,(H,30,31,32). The Labute approximate surface area is 209 Å². The lowest BCUT2D eigenvalue weighted by Gasteiger charge is -2.31. The largest absolute Gasteiger partial charge is 0.285 e. The van der Waals surface area contributed by atoms with Crippen molar-refractivity contribution in [2.75, 3.05) is 0 Å². The fourth-order valence-corrected chi connectivity index (χ4v) is 6.34. The summed E-state index contributed by atoms with van der Waals surface area (Å²) in [5.74, 6) is 0. The van der Waals surface area contributed by atoms with Crippen LogP contribution in [0.2, 0.25) is 0 Å². The van der Waals surface area contributed by atoms with E-state index in [1.807, 2.05) is 0 Å². The Morgan fingerprint density at radius 3 is 0.939 bits per heavy atom. The molecular formula is C29H60O3S. The highest BCUT2D eigenvalue weighted by Gasteiger charge is 2.40. The van der Waals surface area contributed by atoms with Gasteiger partial charge in [-0.15, -0.1) is 0 Å². The Morgan fingerprint density at radius 2 is 0.667 bits per heavy atom. The Balaban J connectivity index is 4.28. The van der Waals surface area contributed by atoms with Crippen LogP contribution in [-0.2, 0) is 10.1 Å². The molecule has 3 nitrogen and oxygen atoms in total. The van der Waals surface area contributed by atoms with Crippen molar-refractivity contribution in [1.29, 1.82) is 0 Å². The summed E-state index contributed by atoms with van der Waals surface area (Å²) >= 11 is 0. The van der Waals surface area contributed by atoms with Crippen molar-refractivity contribution in [3.05, 3.63) is 0 Å². The zero-order valence-corrected chi connectivity index (χ0v) is 23.7. The van der Waals surface area contributed by atoms with Gasteiger partial charge in [0, 0.05) is 0 Å². The molecule has 1 N–H and O–H groups in total. The smallest absolute Gasteiger partial charge is 0.270 e. The van der Waals surface area contributed by atoms with Gasteiger partial charge >= 0.3 is 0 Å². The summed E-state index contributed by atoms with van der Waals surface area (Å²) in [7, 11) is -4.02. The third kappa shape index (κ3) is 17.9. The molecule has 0 aliphatic carbocycles. The molecule has 4 heteroatoms. The third-order valence-electron chi connectivity index (χ3n) is 7.51. The van der Waals surface area contributed by atoms with E-state index in [4.69, 9.17) is 0 Å². The minimum absolute atomic E-state index is 0.622. The average molecular weight is 489 g/mol. The minimum atomic E-state index is -4.02. The van der Waals surface area contributed by atoms with Crippen molar-refractivity contribution in [1.82, 2.24) is 0 Å². The maximum Gasteiger partial charge on any atom is 0.270 e. The van der Waals surface area contributed by atoms with Crippen molar-refractivity contribution in [2.24, 2.45) is 0 Å². The highest BCUT2D eigenvalue weighted by Crippen LogP contribution is 2.35. The van der Waals surface area contributed by atoms with E-state index in [0.717, 1.165) is 38.5 Å². The van der Waals surface area contributed by atoms with E-state index in [2.05, 4.69) is 20.8 Å². The van der Waals surface area contributed by atoms with Crippen LogP contribution in [-0.4, -0.2) is 17.7 Å². The van der Waals surface area contributed by atoms with Gasteiger partial charge < -0.3 is 0 Å². The van der Waals surface area contributed by atoms with Gasteiger partial charge in [-0.1, -0.05) is 162 Å². The first kappa shape index (κ1) is 32.9. The molecule has 0 rings (SSSR count). The molecule has 200 valence electrons. The Hall–Kier alpha value is -0.0900. The van der Waals surface area contributed by atoms with E-state index in [9.17, 15) is 13.0 Å². The van der Waals surface area contributed by atoms with Crippen molar-refractivity contribution in [2.45, 2.75) is 186 Å². The highest BCUT2D eigenvalue weighted by molar-refractivity contribution is 7.87. The van der Waals surface area contributed by atoms with Gasteiger partial charge in [0.1, 0.15) is 0 Å². The van der Waals surface area contributed by atoms with Crippen LogP contribution in [0.1, 0.15) is 181 Å². The van der Waals surface area contributed by atoms with Crippen molar-refractivity contribution >= 4 is 10.1 Å². The predicted octanol–water partition coefficient (Wildman–Crippen LogP) is 10.4. The Kier molecular flexibility index (Phi) is 22.3. The molecule has 0 aromatic carbocycles. The molecule has 0 saturated heterocycles.